The third-order valence-corrected chi connectivity index (χ3v) is 2.18. The number of hydrogen-bond donors (Lipinski definition) is 0. The van der Waals surface area contributed by atoms with E-state index < -0.39 is 0 Å². The third-order valence-electron chi connectivity index (χ3n) is 2.18. The second-order valence-electron chi connectivity index (χ2n) is 3.87. The summed E-state index contributed by atoms with van der Waals surface area (Å²) in [4.78, 5) is 14.0. The van der Waals surface area contributed by atoms with Crippen LogP contribution in [0.15, 0.2) is 36.4 Å². The van der Waals surface area contributed by atoms with Crippen molar-refractivity contribution in [1.29, 1.82) is 0 Å². The number of methoxy groups -OCH3 is 1. The van der Waals surface area contributed by atoms with Crippen LogP contribution < -0.4 is 4.74 Å². The number of carbonyl (C=O) groups is 1. The second-order valence-corrected chi connectivity index (χ2v) is 3.87. The number of ether oxygens (including phenoxy) is 1. The van der Waals surface area contributed by atoms with E-state index >= 15 is 0 Å². The molecule has 1 aromatic carbocycles. The van der Waals surface area contributed by atoms with Gasteiger partial charge in [0.2, 0.25) is 0 Å². The molecule has 0 radical (unpaired) electrons. The van der Waals surface area contributed by atoms with Crippen LogP contribution >= 0.6 is 12.4 Å². The van der Waals surface area contributed by atoms with Gasteiger partial charge in [-0.25, -0.2) is 0 Å². The molecule has 0 aliphatic rings. The number of benzene rings is 1. The number of Topliss-reactive ketones (excluding diaryl/α,β-unsaturated/α-hetero) is 1. The van der Waals surface area contributed by atoms with Crippen LogP contribution in [0.2, 0.25) is 0 Å². The van der Waals surface area contributed by atoms with E-state index in [9.17, 15) is 4.79 Å². The molecule has 0 N–H and O–H groups in total. The smallest absolute Gasteiger partial charge is 0.193 e. The first kappa shape index (κ1) is 15.7. The quantitative estimate of drug-likeness (QED) is 0.598. The Labute approximate surface area is 108 Å². The predicted octanol–water partition coefficient (Wildman–Crippen LogP) is 2.42. The fourth-order valence-electron chi connectivity index (χ4n) is 1.48. The summed E-state index contributed by atoms with van der Waals surface area (Å²) in [6, 6.07) is 7.18. The van der Waals surface area contributed by atoms with E-state index in [-0.39, 0.29) is 18.2 Å². The Morgan fingerprint density at radius 2 is 1.94 bits per heavy atom. The number of ketones is 1. The molecule has 0 unspecified atom stereocenters. The van der Waals surface area contributed by atoms with Gasteiger partial charge >= 0.3 is 0 Å². The van der Waals surface area contributed by atoms with Crippen molar-refractivity contribution >= 4 is 18.2 Å². The van der Waals surface area contributed by atoms with Gasteiger partial charge < -0.3 is 9.64 Å². The van der Waals surface area contributed by atoms with Gasteiger partial charge in [-0.2, -0.15) is 0 Å². The van der Waals surface area contributed by atoms with Gasteiger partial charge in [0.1, 0.15) is 5.75 Å². The highest BCUT2D eigenvalue weighted by Crippen LogP contribution is 2.20. The largest absolute Gasteiger partial charge is 0.496 e. The molecular weight excluding hydrogens is 238 g/mol. The first-order valence-electron chi connectivity index (χ1n) is 5.06. The van der Waals surface area contributed by atoms with Crippen LogP contribution in [0.3, 0.4) is 0 Å². The lowest BCUT2D eigenvalue weighted by atomic mass is 10.0. The summed E-state index contributed by atoms with van der Waals surface area (Å²) in [7, 11) is 5.36. The van der Waals surface area contributed by atoms with Crippen LogP contribution in [-0.2, 0) is 0 Å². The van der Waals surface area contributed by atoms with Gasteiger partial charge in [0.05, 0.1) is 12.7 Å². The Kier molecular flexibility index (Phi) is 6.54. The minimum atomic E-state index is -0.0637. The third kappa shape index (κ3) is 4.21. The molecule has 17 heavy (non-hydrogen) atoms. The highest BCUT2D eigenvalue weighted by atomic mass is 35.5. The number of para-hydroxylation sites is 1. The maximum Gasteiger partial charge on any atom is 0.193 e. The average molecular weight is 256 g/mol. The fourth-order valence-corrected chi connectivity index (χ4v) is 1.48. The Morgan fingerprint density at radius 3 is 2.47 bits per heavy atom. The molecule has 0 aliphatic carbocycles. The van der Waals surface area contributed by atoms with Crippen molar-refractivity contribution in [3.05, 3.63) is 42.0 Å². The highest BCUT2D eigenvalue weighted by molar-refractivity contribution is 6.10. The summed E-state index contributed by atoms with van der Waals surface area (Å²) in [5, 5.41) is 0. The zero-order valence-electron chi connectivity index (χ0n) is 10.4. The monoisotopic (exact) mass is 255 g/mol. The molecule has 1 aromatic rings. The number of likely N-dealkylation sites (N-methyl/N-ethyl adjacent to an activating group) is 1. The van der Waals surface area contributed by atoms with E-state index in [1.807, 2.05) is 31.1 Å². The van der Waals surface area contributed by atoms with E-state index in [1.165, 1.54) is 0 Å². The molecule has 0 aromatic heterocycles. The van der Waals surface area contributed by atoms with Crippen LogP contribution in [0.5, 0.6) is 5.75 Å². The minimum absolute atomic E-state index is 0. The first-order valence-corrected chi connectivity index (χ1v) is 5.06. The van der Waals surface area contributed by atoms with Crippen molar-refractivity contribution in [2.75, 3.05) is 27.7 Å². The van der Waals surface area contributed by atoms with E-state index in [0.717, 1.165) is 0 Å². The number of rotatable bonds is 5. The second kappa shape index (κ2) is 7.09. The normalized spacial score (nSPS) is 9.65. The number of hydrogen-bond acceptors (Lipinski definition) is 3. The van der Waals surface area contributed by atoms with Crippen molar-refractivity contribution in [3.63, 3.8) is 0 Å². The molecular formula is C13H18ClNO2. The topological polar surface area (TPSA) is 29.5 Å². The van der Waals surface area contributed by atoms with E-state index in [4.69, 9.17) is 4.74 Å². The van der Waals surface area contributed by atoms with Gasteiger partial charge in [0.15, 0.2) is 5.78 Å². The zero-order chi connectivity index (χ0) is 12.1. The van der Waals surface area contributed by atoms with Crippen LogP contribution in [0.1, 0.15) is 10.4 Å². The van der Waals surface area contributed by atoms with Crippen LogP contribution in [0, 0.1) is 0 Å². The lowest BCUT2D eigenvalue weighted by molar-refractivity contribution is 0.102. The molecule has 0 atom stereocenters. The van der Waals surface area contributed by atoms with Crippen molar-refractivity contribution < 1.29 is 9.53 Å². The van der Waals surface area contributed by atoms with E-state index in [1.54, 1.807) is 19.2 Å². The molecule has 0 aliphatic heterocycles. The summed E-state index contributed by atoms with van der Waals surface area (Å²) < 4.78 is 5.15. The lowest BCUT2D eigenvalue weighted by Crippen LogP contribution is -2.19. The minimum Gasteiger partial charge on any atom is -0.496 e. The molecule has 0 amide bonds. The van der Waals surface area contributed by atoms with Gasteiger partial charge in [-0.05, 0) is 26.2 Å². The Balaban J connectivity index is 0.00000256. The maximum atomic E-state index is 12.1. The zero-order valence-corrected chi connectivity index (χ0v) is 11.2. The number of carbonyl (C=O) groups excluding carboxylic acids is 1. The van der Waals surface area contributed by atoms with Crippen molar-refractivity contribution in [1.82, 2.24) is 4.90 Å². The van der Waals surface area contributed by atoms with Crippen molar-refractivity contribution in [2.45, 2.75) is 0 Å². The van der Waals surface area contributed by atoms with Gasteiger partial charge in [0, 0.05) is 12.1 Å². The van der Waals surface area contributed by atoms with E-state index in [0.29, 0.717) is 23.4 Å². The Hall–Kier alpha value is -1.32. The highest BCUT2D eigenvalue weighted by Gasteiger charge is 2.14. The molecule has 94 valence electrons. The molecule has 0 spiro atoms. The molecule has 1 rings (SSSR count). The Bertz CT molecular complexity index is 402. The summed E-state index contributed by atoms with van der Waals surface area (Å²) in [6.07, 6.45) is 0. The van der Waals surface area contributed by atoms with Gasteiger partial charge in [-0.1, -0.05) is 18.7 Å². The molecule has 0 saturated carbocycles. The van der Waals surface area contributed by atoms with Crippen molar-refractivity contribution in [2.24, 2.45) is 0 Å². The summed E-state index contributed by atoms with van der Waals surface area (Å²) >= 11 is 0. The van der Waals surface area contributed by atoms with E-state index in [2.05, 4.69) is 6.58 Å². The molecule has 0 heterocycles. The van der Waals surface area contributed by atoms with Gasteiger partial charge in [0.25, 0.3) is 0 Å². The van der Waals surface area contributed by atoms with Crippen LogP contribution in [0.4, 0.5) is 0 Å². The van der Waals surface area contributed by atoms with Gasteiger partial charge in [-0.3, -0.25) is 4.79 Å². The molecule has 4 heteroatoms. The van der Waals surface area contributed by atoms with Crippen LogP contribution in [0.25, 0.3) is 0 Å². The average Bonchev–Trinajstić information content (AvgIpc) is 2.27. The van der Waals surface area contributed by atoms with Crippen molar-refractivity contribution in [3.8, 4) is 5.75 Å². The summed E-state index contributed by atoms with van der Waals surface area (Å²) in [5.74, 6) is 0.526. The standard InChI is InChI=1S/C13H17NO2.ClH/c1-10(9-14(2)3)13(15)11-7-5-6-8-12(11)16-4;/h5-8H,1,9H2,2-4H3;1H. The molecule has 0 bridgehead atoms. The summed E-state index contributed by atoms with van der Waals surface area (Å²) in [6.45, 7) is 4.35. The lowest BCUT2D eigenvalue weighted by Gasteiger charge is -2.12. The van der Waals surface area contributed by atoms with Crippen LogP contribution in [-0.4, -0.2) is 38.4 Å². The number of halogens is 1. The Morgan fingerprint density at radius 1 is 1.35 bits per heavy atom. The molecule has 3 nitrogen and oxygen atoms in total. The molecule has 0 fully saturated rings. The summed E-state index contributed by atoms with van der Waals surface area (Å²) in [5.41, 5.74) is 1.13. The molecule has 0 saturated heterocycles. The number of nitrogens with zero attached hydrogens (tertiary/aromatic N) is 1. The first-order chi connectivity index (χ1) is 7.56. The fraction of sp³-hybridized carbons (Fsp3) is 0.308. The predicted molar refractivity (Wildman–Crippen MR) is 72.3 cm³/mol. The van der Waals surface area contributed by atoms with Gasteiger partial charge in [-0.15, -0.1) is 12.4 Å². The maximum absolute atomic E-state index is 12.1. The SMILES string of the molecule is C=C(CN(C)C)C(=O)c1ccccc1OC.Cl.